The van der Waals surface area contributed by atoms with Crippen molar-refractivity contribution in [3.05, 3.63) is 48.0 Å². The predicted octanol–water partition coefficient (Wildman–Crippen LogP) is 1.73. The Bertz CT molecular complexity index is 596. The number of hydrogen-bond donors (Lipinski definition) is 3. The number of carbonyl (C=O) groups excluding carboxylic acids is 1. The van der Waals surface area contributed by atoms with Crippen LogP contribution < -0.4 is 10.6 Å². The van der Waals surface area contributed by atoms with E-state index in [0.717, 1.165) is 17.8 Å². The van der Waals surface area contributed by atoms with Crippen molar-refractivity contribution in [3.63, 3.8) is 0 Å². The SMILES string of the molecule is COC(=O)c1ccc(NC(=S)NCCc2cnc[nH]2)cc1. The number of H-pyrrole nitrogens is 1. The standard InChI is InChI=1S/C14H16N4O2S/c1-20-13(19)10-2-4-11(5-3-10)18-14(21)16-7-6-12-8-15-9-17-12/h2-5,8-9H,6-7H2,1H3,(H,15,17)(H2,16,18,21). The highest BCUT2D eigenvalue weighted by Crippen LogP contribution is 2.10. The van der Waals surface area contributed by atoms with E-state index in [1.54, 1.807) is 36.8 Å². The van der Waals surface area contributed by atoms with E-state index in [1.807, 2.05) is 0 Å². The lowest BCUT2D eigenvalue weighted by molar-refractivity contribution is 0.0601. The molecule has 0 bridgehead atoms. The first-order valence-corrected chi connectivity index (χ1v) is 6.80. The zero-order valence-electron chi connectivity index (χ0n) is 11.6. The molecule has 2 rings (SSSR count). The molecule has 0 saturated heterocycles. The third kappa shape index (κ3) is 4.57. The summed E-state index contributed by atoms with van der Waals surface area (Å²) in [6.07, 6.45) is 4.24. The molecule has 0 aliphatic carbocycles. The fourth-order valence-electron chi connectivity index (χ4n) is 1.71. The van der Waals surface area contributed by atoms with Gasteiger partial charge >= 0.3 is 5.97 Å². The number of ether oxygens (including phenoxy) is 1. The second-order valence-corrected chi connectivity index (χ2v) is 4.68. The van der Waals surface area contributed by atoms with Gasteiger partial charge in [-0.1, -0.05) is 0 Å². The minimum atomic E-state index is -0.359. The number of nitrogens with zero attached hydrogens (tertiary/aromatic N) is 1. The first-order valence-electron chi connectivity index (χ1n) is 6.39. The number of methoxy groups -OCH3 is 1. The minimum absolute atomic E-state index is 0.359. The van der Waals surface area contributed by atoms with Crippen LogP contribution in [0.15, 0.2) is 36.8 Å². The molecule has 0 unspecified atom stereocenters. The molecule has 1 aromatic heterocycles. The Balaban J connectivity index is 1.78. The van der Waals surface area contributed by atoms with Gasteiger partial charge in [0.2, 0.25) is 0 Å². The van der Waals surface area contributed by atoms with Crippen LogP contribution in [0, 0.1) is 0 Å². The van der Waals surface area contributed by atoms with Crippen LogP contribution >= 0.6 is 12.2 Å². The number of aromatic nitrogens is 2. The Morgan fingerprint density at radius 3 is 2.76 bits per heavy atom. The lowest BCUT2D eigenvalue weighted by Gasteiger charge is -2.10. The van der Waals surface area contributed by atoms with Crippen LogP contribution in [0.2, 0.25) is 0 Å². The van der Waals surface area contributed by atoms with E-state index >= 15 is 0 Å². The summed E-state index contributed by atoms with van der Waals surface area (Å²) in [4.78, 5) is 18.3. The lowest BCUT2D eigenvalue weighted by Crippen LogP contribution is -2.30. The van der Waals surface area contributed by atoms with E-state index in [1.165, 1.54) is 7.11 Å². The molecule has 0 saturated carbocycles. The van der Waals surface area contributed by atoms with E-state index in [-0.39, 0.29) is 5.97 Å². The number of rotatable bonds is 5. The molecule has 0 amide bonds. The average Bonchev–Trinajstić information content (AvgIpc) is 3.00. The quantitative estimate of drug-likeness (QED) is 0.577. The number of hydrogen-bond acceptors (Lipinski definition) is 4. The number of thiocarbonyl (C=S) groups is 1. The second-order valence-electron chi connectivity index (χ2n) is 4.28. The fourth-order valence-corrected chi connectivity index (χ4v) is 1.93. The molecule has 2 aromatic rings. The van der Waals surface area contributed by atoms with Gasteiger partial charge < -0.3 is 20.4 Å². The summed E-state index contributed by atoms with van der Waals surface area (Å²) < 4.78 is 4.64. The smallest absolute Gasteiger partial charge is 0.337 e. The zero-order chi connectivity index (χ0) is 15.1. The third-order valence-electron chi connectivity index (χ3n) is 2.80. The molecular formula is C14H16N4O2S. The third-order valence-corrected chi connectivity index (χ3v) is 3.05. The van der Waals surface area contributed by atoms with Crippen LogP contribution in [0.5, 0.6) is 0 Å². The molecule has 1 aromatic carbocycles. The van der Waals surface area contributed by atoms with Gasteiger partial charge in [0.05, 0.1) is 19.0 Å². The molecule has 0 radical (unpaired) electrons. The number of benzene rings is 1. The Hall–Kier alpha value is -2.41. The number of carbonyl (C=O) groups is 1. The van der Waals surface area contributed by atoms with Crippen molar-refractivity contribution >= 4 is 29.0 Å². The van der Waals surface area contributed by atoms with Gasteiger partial charge in [0.15, 0.2) is 5.11 Å². The largest absolute Gasteiger partial charge is 0.465 e. The maximum absolute atomic E-state index is 11.3. The van der Waals surface area contributed by atoms with Gasteiger partial charge in [-0.2, -0.15) is 0 Å². The van der Waals surface area contributed by atoms with Gasteiger partial charge in [0.1, 0.15) is 0 Å². The van der Waals surface area contributed by atoms with Crippen molar-refractivity contribution in [1.82, 2.24) is 15.3 Å². The molecule has 7 heteroatoms. The van der Waals surface area contributed by atoms with E-state index in [9.17, 15) is 4.79 Å². The highest BCUT2D eigenvalue weighted by molar-refractivity contribution is 7.80. The van der Waals surface area contributed by atoms with Gasteiger partial charge in [-0.3, -0.25) is 0 Å². The molecule has 0 fully saturated rings. The first-order chi connectivity index (χ1) is 10.2. The average molecular weight is 304 g/mol. The topological polar surface area (TPSA) is 79.0 Å². The summed E-state index contributed by atoms with van der Waals surface area (Å²) in [7, 11) is 1.35. The molecular weight excluding hydrogens is 288 g/mol. The van der Waals surface area contributed by atoms with Crippen LogP contribution in [0.25, 0.3) is 0 Å². The number of anilines is 1. The highest BCUT2D eigenvalue weighted by Gasteiger charge is 2.04. The van der Waals surface area contributed by atoms with E-state index in [2.05, 4.69) is 25.3 Å². The summed E-state index contributed by atoms with van der Waals surface area (Å²) in [5, 5.41) is 6.68. The second kappa shape index (κ2) is 7.39. The predicted molar refractivity (Wildman–Crippen MR) is 84.3 cm³/mol. The lowest BCUT2D eigenvalue weighted by atomic mass is 10.2. The van der Waals surface area contributed by atoms with E-state index in [4.69, 9.17) is 12.2 Å². The summed E-state index contributed by atoms with van der Waals surface area (Å²) in [5.41, 5.74) is 2.36. The molecule has 0 aliphatic rings. The van der Waals surface area contributed by atoms with Crippen LogP contribution in [0.4, 0.5) is 5.69 Å². The van der Waals surface area contributed by atoms with Crippen molar-refractivity contribution < 1.29 is 9.53 Å². The van der Waals surface area contributed by atoms with Crippen LogP contribution in [-0.4, -0.2) is 34.7 Å². The van der Waals surface area contributed by atoms with E-state index in [0.29, 0.717) is 17.2 Å². The molecule has 0 atom stereocenters. The summed E-state index contributed by atoms with van der Waals surface area (Å²) in [6.45, 7) is 0.703. The van der Waals surface area contributed by atoms with Crippen molar-refractivity contribution in [2.24, 2.45) is 0 Å². The molecule has 1 heterocycles. The van der Waals surface area contributed by atoms with Gasteiger partial charge in [0, 0.05) is 30.5 Å². The normalized spacial score (nSPS) is 9.95. The van der Waals surface area contributed by atoms with Gasteiger partial charge in [-0.15, -0.1) is 0 Å². The van der Waals surface area contributed by atoms with Crippen molar-refractivity contribution in [1.29, 1.82) is 0 Å². The Labute approximate surface area is 127 Å². The van der Waals surface area contributed by atoms with E-state index < -0.39 is 0 Å². The van der Waals surface area contributed by atoms with Gasteiger partial charge in [0.25, 0.3) is 0 Å². The fraction of sp³-hybridized carbons (Fsp3) is 0.214. The Morgan fingerprint density at radius 1 is 1.38 bits per heavy atom. The molecule has 6 nitrogen and oxygen atoms in total. The van der Waals surface area contributed by atoms with Gasteiger partial charge in [-0.05, 0) is 36.5 Å². The van der Waals surface area contributed by atoms with Gasteiger partial charge in [-0.25, -0.2) is 9.78 Å². The number of imidazole rings is 1. The molecule has 110 valence electrons. The summed E-state index contributed by atoms with van der Waals surface area (Å²) in [6, 6.07) is 6.91. The summed E-state index contributed by atoms with van der Waals surface area (Å²) in [5.74, 6) is -0.359. The number of esters is 1. The molecule has 3 N–H and O–H groups in total. The maximum atomic E-state index is 11.3. The molecule has 0 aliphatic heterocycles. The zero-order valence-corrected chi connectivity index (χ0v) is 12.4. The molecule has 0 spiro atoms. The van der Waals surface area contributed by atoms with Crippen molar-refractivity contribution in [3.8, 4) is 0 Å². The Kier molecular flexibility index (Phi) is 5.28. The van der Waals surface area contributed by atoms with Crippen LogP contribution in [-0.2, 0) is 11.2 Å². The highest BCUT2D eigenvalue weighted by atomic mass is 32.1. The first kappa shape index (κ1) is 15.0. The van der Waals surface area contributed by atoms with Crippen LogP contribution in [0.3, 0.4) is 0 Å². The Morgan fingerprint density at radius 2 is 2.14 bits per heavy atom. The maximum Gasteiger partial charge on any atom is 0.337 e. The number of nitrogens with one attached hydrogen (secondary N) is 3. The monoisotopic (exact) mass is 304 g/mol. The van der Waals surface area contributed by atoms with Crippen LogP contribution in [0.1, 0.15) is 16.1 Å². The molecule has 21 heavy (non-hydrogen) atoms. The summed E-state index contributed by atoms with van der Waals surface area (Å²) >= 11 is 5.20. The van der Waals surface area contributed by atoms with Crippen molar-refractivity contribution in [2.45, 2.75) is 6.42 Å². The number of aromatic amines is 1. The minimum Gasteiger partial charge on any atom is -0.465 e. The van der Waals surface area contributed by atoms with Crippen molar-refractivity contribution in [2.75, 3.05) is 19.0 Å².